The summed E-state index contributed by atoms with van der Waals surface area (Å²) in [5, 5.41) is 0. The molecule has 140 valence electrons. The normalized spacial score (nSPS) is 14.9. The Morgan fingerprint density at radius 1 is 1.22 bits per heavy atom. The zero-order chi connectivity index (χ0) is 19.0. The highest BCUT2D eigenvalue weighted by atomic mass is 16.5. The maximum Gasteiger partial charge on any atom is 0.409 e. The van der Waals surface area contributed by atoms with Crippen LogP contribution in [0.5, 0.6) is 0 Å². The van der Waals surface area contributed by atoms with Gasteiger partial charge in [-0.05, 0) is 43.9 Å². The van der Waals surface area contributed by atoms with Gasteiger partial charge in [-0.2, -0.15) is 0 Å². The number of carbonyl (C=O) groups is 1. The minimum Gasteiger partial charge on any atom is -0.453 e. The molecule has 1 atom stereocenters. The van der Waals surface area contributed by atoms with E-state index in [2.05, 4.69) is 54.8 Å². The van der Waals surface area contributed by atoms with Crippen LogP contribution in [-0.2, 0) is 24.1 Å². The van der Waals surface area contributed by atoms with Crippen LogP contribution in [-0.4, -0.2) is 34.2 Å². The molecular formula is C22H25N3O2. The molecule has 0 fully saturated rings. The summed E-state index contributed by atoms with van der Waals surface area (Å²) in [6, 6.07) is 15.2. The standard InChI is InChI=1S/C22H25N3O2/c1-15(13-17-7-5-4-6-8-17)25-16(2)23-21-19-14-24(22(26)27-3)12-11-18(19)9-10-20(21)25/h4-10,15H,11-14H2,1-3H3/t15-/m1/s1. The van der Waals surface area contributed by atoms with E-state index in [1.54, 1.807) is 4.90 Å². The summed E-state index contributed by atoms with van der Waals surface area (Å²) < 4.78 is 7.23. The predicted molar refractivity (Wildman–Crippen MR) is 106 cm³/mol. The van der Waals surface area contributed by atoms with Crippen molar-refractivity contribution in [1.82, 2.24) is 14.5 Å². The van der Waals surface area contributed by atoms with Gasteiger partial charge in [-0.1, -0.05) is 36.4 Å². The highest BCUT2D eigenvalue weighted by Crippen LogP contribution is 2.31. The van der Waals surface area contributed by atoms with E-state index in [-0.39, 0.29) is 6.09 Å². The molecule has 0 radical (unpaired) electrons. The van der Waals surface area contributed by atoms with Crippen LogP contribution in [0.15, 0.2) is 42.5 Å². The van der Waals surface area contributed by atoms with Crippen LogP contribution < -0.4 is 0 Å². The van der Waals surface area contributed by atoms with Gasteiger partial charge < -0.3 is 14.2 Å². The molecule has 27 heavy (non-hydrogen) atoms. The molecule has 0 saturated carbocycles. The summed E-state index contributed by atoms with van der Waals surface area (Å²) in [5.74, 6) is 1.01. The monoisotopic (exact) mass is 363 g/mol. The molecule has 4 rings (SSSR count). The number of ether oxygens (including phenoxy) is 1. The van der Waals surface area contributed by atoms with Gasteiger partial charge in [0.15, 0.2) is 0 Å². The van der Waals surface area contributed by atoms with Crippen LogP contribution in [0.1, 0.15) is 35.5 Å². The van der Waals surface area contributed by atoms with Gasteiger partial charge in [-0.3, -0.25) is 0 Å². The largest absolute Gasteiger partial charge is 0.453 e. The van der Waals surface area contributed by atoms with E-state index in [0.717, 1.165) is 35.3 Å². The Balaban J connectivity index is 1.72. The summed E-state index contributed by atoms with van der Waals surface area (Å²) in [5.41, 5.74) is 5.90. The summed E-state index contributed by atoms with van der Waals surface area (Å²) in [7, 11) is 1.43. The zero-order valence-corrected chi connectivity index (χ0v) is 16.1. The second-order valence-corrected chi connectivity index (χ2v) is 7.28. The van der Waals surface area contributed by atoms with E-state index in [0.29, 0.717) is 19.1 Å². The van der Waals surface area contributed by atoms with Crippen LogP contribution >= 0.6 is 0 Å². The molecule has 1 amide bonds. The molecule has 3 aromatic rings. The second kappa shape index (κ2) is 7.06. The zero-order valence-electron chi connectivity index (χ0n) is 16.1. The van der Waals surface area contributed by atoms with Crippen molar-refractivity contribution in [3.05, 3.63) is 65.0 Å². The number of amides is 1. The van der Waals surface area contributed by atoms with Crippen molar-refractivity contribution in [3.63, 3.8) is 0 Å². The lowest BCUT2D eigenvalue weighted by atomic mass is 9.98. The Kier molecular flexibility index (Phi) is 4.60. The molecule has 2 aromatic carbocycles. The fourth-order valence-corrected chi connectivity index (χ4v) is 4.20. The van der Waals surface area contributed by atoms with Crippen molar-refractivity contribution >= 4 is 17.1 Å². The average Bonchev–Trinajstić information content (AvgIpc) is 3.04. The van der Waals surface area contributed by atoms with Gasteiger partial charge in [0.1, 0.15) is 5.82 Å². The maximum atomic E-state index is 12.0. The van der Waals surface area contributed by atoms with Crippen LogP contribution in [0.3, 0.4) is 0 Å². The maximum absolute atomic E-state index is 12.0. The minimum absolute atomic E-state index is 0.272. The quantitative estimate of drug-likeness (QED) is 0.698. The van der Waals surface area contributed by atoms with Gasteiger partial charge in [0, 0.05) is 18.2 Å². The first-order valence-corrected chi connectivity index (χ1v) is 9.44. The third-order valence-corrected chi connectivity index (χ3v) is 5.49. The van der Waals surface area contributed by atoms with Crippen LogP contribution in [0.25, 0.3) is 11.0 Å². The Bertz CT molecular complexity index is 978. The van der Waals surface area contributed by atoms with Gasteiger partial charge in [0.25, 0.3) is 0 Å². The Morgan fingerprint density at radius 3 is 2.74 bits per heavy atom. The molecular weight excluding hydrogens is 338 g/mol. The number of hydrogen-bond donors (Lipinski definition) is 0. The van der Waals surface area contributed by atoms with Crippen LogP contribution in [0.4, 0.5) is 4.79 Å². The van der Waals surface area contributed by atoms with Gasteiger partial charge in [0.2, 0.25) is 0 Å². The molecule has 5 nitrogen and oxygen atoms in total. The predicted octanol–water partition coefficient (Wildman–Crippen LogP) is 4.27. The SMILES string of the molecule is COC(=O)N1CCc2ccc3c(nc(C)n3[C@H](C)Cc3ccccc3)c2C1. The van der Waals surface area contributed by atoms with Gasteiger partial charge in [-0.15, -0.1) is 0 Å². The van der Waals surface area contributed by atoms with Crippen LogP contribution in [0, 0.1) is 6.92 Å². The lowest BCUT2D eigenvalue weighted by Crippen LogP contribution is -2.35. The minimum atomic E-state index is -0.272. The number of methoxy groups -OCH3 is 1. The lowest BCUT2D eigenvalue weighted by molar-refractivity contribution is 0.119. The number of aromatic nitrogens is 2. The first-order valence-electron chi connectivity index (χ1n) is 9.44. The average molecular weight is 363 g/mol. The highest BCUT2D eigenvalue weighted by molar-refractivity contribution is 5.82. The molecule has 5 heteroatoms. The molecule has 1 aliphatic rings. The number of nitrogens with zero attached hydrogens (tertiary/aromatic N) is 3. The summed E-state index contributed by atoms with van der Waals surface area (Å²) in [4.78, 5) is 18.6. The van der Waals surface area contributed by atoms with Crippen LogP contribution in [0.2, 0.25) is 0 Å². The number of benzene rings is 2. The first-order chi connectivity index (χ1) is 13.1. The number of aryl methyl sites for hydroxylation is 1. The molecule has 1 aromatic heterocycles. The molecule has 0 saturated heterocycles. The molecule has 1 aliphatic heterocycles. The van der Waals surface area contributed by atoms with Crippen molar-refractivity contribution in [1.29, 1.82) is 0 Å². The molecule has 0 unspecified atom stereocenters. The van der Waals surface area contributed by atoms with Crippen molar-refractivity contribution in [2.24, 2.45) is 0 Å². The third-order valence-electron chi connectivity index (χ3n) is 5.49. The molecule has 0 spiro atoms. The number of rotatable bonds is 3. The van der Waals surface area contributed by atoms with Gasteiger partial charge in [0.05, 0.1) is 24.7 Å². The van der Waals surface area contributed by atoms with Crippen molar-refractivity contribution < 1.29 is 9.53 Å². The number of imidazole rings is 1. The van der Waals surface area contributed by atoms with E-state index in [9.17, 15) is 4.79 Å². The second-order valence-electron chi connectivity index (χ2n) is 7.28. The number of carbonyl (C=O) groups excluding carboxylic acids is 1. The molecule has 2 heterocycles. The summed E-state index contributed by atoms with van der Waals surface area (Å²) >= 11 is 0. The fraction of sp³-hybridized carbons (Fsp3) is 0.364. The number of fused-ring (bicyclic) bond motifs is 3. The Hall–Kier alpha value is -2.82. The Labute approximate surface area is 159 Å². The summed E-state index contributed by atoms with van der Waals surface area (Å²) in [6.07, 6.45) is 1.52. The topological polar surface area (TPSA) is 47.4 Å². The third kappa shape index (κ3) is 3.18. The van der Waals surface area contributed by atoms with Gasteiger partial charge >= 0.3 is 6.09 Å². The molecule has 0 N–H and O–H groups in total. The summed E-state index contributed by atoms with van der Waals surface area (Å²) in [6.45, 7) is 5.55. The van der Waals surface area contributed by atoms with E-state index in [4.69, 9.17) is 9.72 Å². The smallest absolute Gasteiger partial charge is 0.409 e. The van der Waals surface area contributed by atoms with Crippen molar-refractivity contribution in [2.45, 2.75) is 39.3 Å². The van der Waals surface area contributed by atoms with E-state index in [1.165, 1.54) is 18.2 Å². The Morgan fingerprint density at radius 2 is 2.00 bits per heavy atom. The van der Waals surface area contributed by atoms with E-state index >= 15 is 0 Å². The fourth-order valence-electron chi connectivity index (χ4n) is 4.20. The lowest BCUT2D eigenvalue weighted by Gasteiger charge is -2.28. The first kappa shape index (κ1) is 17.6. The van der Waals surface area contributed by atoms with Crippen molar-refractivity contribution in [2.75, 3.05) is 13.7 Å². The highest BCUT2D eigenvalue weighted by Gasteiger charge is 2.25. The number of hydrogen-bond acceptors (Lipinski definition) is 3. The van der Waals surface area contributed by atoms with Gasteiger partial charge in [-0.25, -0.2) is 9.78 Å². The van der Waals surface area contributed by atoms with E-state index in [1.807, 2.05) is 6.07 Å². The van der Waals surface area contributed by atoms with Crippen molar-refractivity contribution in [3.8, 4) is 0 Å². The molecule has 0 aliphatic carbocycles. The van der Waals surface area contributed by atoms with E-state index < -0.39 is 0 Å². The molecule has 0 bridgehead atoms.